The lowest BCUT2D eigenvalue weighted by Gasteiger charge is -2.11. The number of halogens is 2. The Kier molecular flexibility index (Phi) is 4.57. The maximum Gasteiger partial charge on any atom is 0.145 e. The molecule has 0 saturated heterocycles. The van der Waals surface area contributed by atoms with Crippen molar-refractivity contribution < 1.29 is 9.47 Å². The van der Waals surface area contributed by atoms with E-state index < -0.39 is 0 Å². The van der Waals surface area contributed by atoms with E-state index in [1.165, 1.54) is 0 Å². The summed E-state index contributed by atoms with van der Waals surface area (Å²) in [5, 5.41) is 3.86. The number of ether oxygens (including phenoxy) is 2. The number of methoxy groups -OCH3 is 2. The molecule has 0 unspecified atom stereocenters. The van der Waals surface area contributed by atoms with Crippen molar-refractivity contribution in [3.8, 4) is 22.8 Å². The molecule has 20 heavy (non-hydrogen) atoms. The first kappa shape index (κ1) is 14.8. The molecule has 106 valence electrons. The zero-order chi connectivity index (χ0) is 14.7. The zero-order valence-corrected chi connectivity index (χ0v) is 12.8. The van der Waals surface area contributed by atoms with Crippen molar-refractivity contribution in [1.82, 2.24) is 4.98 Å². The van der Waals surface area contributed by atoms with Crippen molar-refractivity contribution in [1.29, 1.82) is 0 Å². The Morgan fingerprint density at radius 3 is 2.05 bits per heavy atom. The third-order valence-electron chi connectivity index (χ3n) is 2.79. The summed E-state index contributed by atoms with van der Waals surface area (Å²) in [6.45, 7) is 0. The lowest BCUT2D eigenvalue weighted by Crippen LogP contribution is -1.97. The Labute approximate surface area is 127 Å². The molecular weight excluding hydrogens is 299 g/mol. The van der Waals surface area contributed by atoms with E-state index in [1.807, 2.05) is 12.1 Å². The standard InChI is InChI=1S/C14H14Cl2N2O2/c1-17-14-12(16)7-11(15)13(18-14)8-4-9(19-2)6-10(5-8)20-3/h4-7H,1-3H3,(H,17,18). The largest absolute Gasteiger partial charge is 0.497 e. The highest BCUT2D eigenvalue weighted by atomic mass is 35.5. The first-order valence-electron chi connectivity index (χ1n) is 5.86. The Bertz CT molecular complexity index is 611. The molecule has 0 radical (unpaired) electrons. The fourth-order valence-corrected chi connectivity index (χ4v) is 2.35. The van der Waals surface area contributed by atoms with Crippen LogP contribution in [0.3, 0.4) is 0 Å². The molecule has 0 spiro atoms. The van der Waals surface area contributed by atoms with Crippen molar-refractivity contribution in [2.45, 2.75) is 0 Å². The van der Waals surface area contributed by atoms with E-state index in [4.69, 9.17) is 32.7 Å². The molecule has 1 aromatic heterocycles. The second-order valence-corrected chi connectivity index (χ2v) is 4.81. The number of hydrogen-bond acceptors (Lipinski definition) is 4. The number of pyridine rings is 1. The lowest BCUT2D eigenvalue weighted by atomic mass is 10.1. The fourth-order valence-electron chi connectivity index (χ4n) is 1.79. The number of nitrogens with one attached hydrogen (secondary N) is 1. The molecule has 0 amide bonds. The van der Waals surface area contributed by atoms with E-state index >= 15 is 0 Å². The highest BCUT2D eigenvalue weighted by molar-refractivity contribution is 6.37. The lowest BCUT2D eigenvalue weighted by molar-refractivity contribution is 0.394. The Hall–Kier alpha value is -1.65. The van der Waals surface area contributed by atoms with Crippen LogP contribution in [0, 0.1) is 0 Å². The van der Waals surface area contributed by atoms with Crippen LogP contribution in [0.2, 0.25) is 10.0 Å². The van der Waals surface area contributed by atoms with Crippen LogP contribution in [0.4, 0.5) is 5.82 Å². The van der Waals surface area contributed by atoms with Gasteiger partial charge in [-0.25, -0.2) is 4.98 Å². The minimum absolute atomic E-state index is 0.462. The van der Waals surface area contributed by atoms with Crippen LogP contribution in [0.15, 0.2) is 24.3 Å². The first-order valence-corrected chi connectivity index (χ1v) is 6.62. The van der Waals surface area contributed by atoms with Crippen LogP contribution in [-0.4, -0.2) is 26.3 Å². The molecule has 6 heteroatoms. The van der Waals surface area contributed by atoms with Gasteiger partial charge in [0.1, 0.15) is 17.3 Å². The van der Waals surface area contributed by atoms with E-state index in [2.05, 4.69) is 10.3 Å². The van der Waals surface area contributed by atoms with Crippen LogP contribution in [-0.2, 0) is 0 Å². The van der Waals surface area contributed by atoms with Gasteiger partial charge in [0.25, 0.3) is 0 Å². The molecule has 0 aliphatic heterocycles. The maximum atomic E-state index is 6.23. The van der Waals surface area contributed by atoms with Gasteiger partial charge in [-0.1, -0.05) is 23.2 Å². The minimum atomic E-state index is 0.462. The van der Waals surface area contributed by atoms with Gasteiger partial charge < -0.3 is 14.8 Å². The van der Waals surface area contributed by atoms with E-state index in [-0.39, 0.29) is 0 Å². The molecule has 2 rings (SSSR count). The molecular formula is C14H14Cl2N2O2. The number of hydrogen-bond donors (Lipinski definition) is 1. The van der Waals surface area contributed by atoms with Gasteiger partial charge in [-0.3, -0.25) is 0 Å². The Balaban J connectivity index is 2.61. The average Bonchev–Trinajstić information content (AvgIpc) is 2.46. The van der Waals surface area contributed by atoms with Gasteiger partial charge >= 0.3 is 0 Å². The van der Waals surface area contributed by atoms with Gasteiger partial charge in [0.2, 0.25) is 0 Å². The summed E-state index contributed by atoms with van der Waals surface area (Å²) in [5.41, 5.74) is 1.40. The van der Waals surface area contributed by atoms with Gasteiger partial charge in [0.15, 0.2) is 0 Å². The van der Waals surface area contributed by atoms with Crippen molar-refractivity contribution >= 4 is 29.0 Å². The number of rotatable bonds is 4. The monoisotopic (exact) mass is 312 g/mol. The van der Waals surface area contributed by atoms with E-state index in [1.54, 1.807) is 33.4 Å². The van der Waals surface area contributed by atoms with Crippen LogP contribution in [0.1, 0.15) is 0 Å². The first-order chi connectivity index (χ1) is 9.58. The van der Waals surface area contributed by atoms with Gasteiger partial charge in [-0.05, 0) is 18.2 Å². The minimum Gasteiger partial charge on any atom is -0.497 e. The third-order valence-corrected chi connectivity index (χ3v) is 3.37. The second-order valence-electron chi connectivity index (χ2n) is 4.00. The molecule has 2 aromatic rings. The number of benzene rings is 1. The molecule has 0 aliphatic rings. The summed E-state index contributed by atoms with van der Waals surface area (Å²) in [7, 11) is 4.93. The maximum absolute atomic E-state index is 6.23. The van der Waals surface area contributed by atoms with Gasteiger partial charge in [0, 0.05) is 18.7 Å². The molecule has 1 aromatic carbocycles. The molecule has 1 N–H and O–H groups in total. The second kappa shape index (κ2) is 6.20. The van der Waals surface area contributed by atoms with Crippen LogP contribution in [0.25, 0.3) is 11.3 Å². The molecule has 1 heterocycles. The molecule has 0 saturated carbocycles. The number of nitrogens with zero attached hydrogens (tertiary/aromatic N) is 1. The summed E-state index contributed by atoms with van der Waals surface area (Å²) in [5.74, 6) is 1.89. The fraction of sp³-hybridized carbons (Fsp3) is 0.214. The van der Waals surface area contributed by atoms with Crippen molar-refractivity contribution in [3.05, 3.63) is 34.3 Å². The van der Waals surface area contributed by atoms with Crippen molar-refractivity contribution in [3.63, 3.8) is 0 Å². The van der Waals surface area contributed by atoms with Gasteiger partial charge in [-0.15, -0.1) is 0 Å². The molecule has 0 aliphatic carbocycles. The third kappa shape index (κ3) is 2.92. The predicted octanol–water partition coefficient (Wildman–Crippen LogP) is 4.11. The van der Waals surface area contributed by atoms with Gasteiger partial charge in [0.05, 0.1) is 30.0 Å². The van der Waals surface area contributed by atoms with E-state index in [0.29, 0.717) is 33.1 Å². The topological polar surface area (TPSA) is 43.4 Å². The molecule has 4 nitrogen and oxygen atoms in total. The molecule has 0 atom stereocenters. The van der Waals surface area contributed by atoms with Crippen molar-refractivity contribution in [2.24, 2.45) is 0 Å². The molecule has 0 bridgehead atoms. The van der Waals surface area contributed by atoms with E-state index in [9.17, 15) is 0 Å². The van der Waals surface area contributed by atoms with Crippen molar-refractivity contribution in [2.75, 3.05) is 26.6 Å². The van der Waals surface area contributed by atoms with Gasteiger partial charge in [-0.2, -0.15) is 0 Å². The highest BCUT2D eigenvalue weighted by Gasteiger charge is 2.12. The smallest absolute Gasteiger partial charge is 0.145 e. The number of aromatic nitrogens is 1. The summed E-state index contributed by atoms with van der Waals surface area (Å²) in [6, 6.07) is 7.11. The quantitative estimate of drug-likeness (QED) is 0.922. The SMILES string of the molecule is CNc1nc(-c2cc(OC)cc(OC)c2)c(Cl)cc1Cl. The van der Waals surface area contributed by atoms with E-state index in [0.717, 1.165) is 5.56 Å². The summed E-state index contributed by atoms with van der Waals surface area (Å²) in [6.07, 6.45) is 0. The highest BCUT2D eigenvalue weighted by Crippen LogP contribution is 2.35. The predicted molar refractivity (Wildman–Crippen MR) is 82.3 cm³/mol. The summed E-state index contributed by atoms with van der Waals surface area (Å²) >= 11 is 12.3. The molecule has 0 fully saturated rings. The zero-order valence-electron chi connectivity index (χ0n) is 11.3. The van der Waals surface area contributed by atoms with Crippen LogP contribution in [0.5, 0.6) is 11.5 Å². The average molecular weight is 313 g/mol. The Morgan fingerprint density at radius 2 is 1.55 bits per heavy atom. The Morgan fingerprint density at radius 1 is 0.950 bits per heavy atom. The van der Waals surface area contributed by atoms with Crippen LogP contribution < -0.4 is 14.8 Å². The summed E-state index contributed by atoms with van der Waals surface area (Å²) in [4.78, 5) is 4.43. The summed E-state index contributed by atoms with van der Waals surface area (Å²) < 4.78 is 10.5. The number of anilines is 1. The van der Waals surface area contributed by atoms with Crippen LogP contribution >= 0.6 is 23.2 Å². The normalized spacial score (nSPS) is 10.2.